The predicted molar refractivity (Wildman–Crippen MR) is 75.9 cm³/mol. The molecule has 0 aromatic carbocycles. The topological polar surface area (TPSA) is 96.7 Å². The summed E-state index contributed by atoms with van der Waals surface area (Å²) in [5, 5.41) is 9.66. The van der Waals surface area contributed by atoms with Gasteiger partial charge in [0.25, 0.3) is 0 Å². The van der Waals surface area contributed by atoms with E-state index >= 15 is 0 Å². The van der Waals surface area contributed by atoms with E-state index in [4.69, 9.17) is 0 Å². The van der Waals surface area contributed by atoms with E-state index in [9.17, 15) is 19.6 Å². The highest BCUT2D eigenvalue weighted by atomic mass is 16.5. The van der Waals surface area contributed by atoms with E-state index < -0.39 is 23.4 Å². The molecule has 0 saturated carbocycles. The number of esters is 2. The van der Waals surface area contributed by atoms with Crippen LogP contribution in [0.2, 0.25) is 0 Å². The molecular formula is C15H16N2O5. The van der Waals surface area contributed by atoms with Gasteiger partial charge in [0.05, 0.1) is 25.9 Å². The van der Waals surface area contributed by atoms with Crippen molar-refractivity contribution in [1.29, 1.82) is 5.26 Å². The van der Waals surface area contributed by atoms with Gasteiger partial charge in [-0.05, 0) is 12.2 Å². The number of nitriles is 1. The Morgan fingerprint density at radius 1 is 1.36 bits per heavy atom. The Labute approximate surface area is 128 Å². The van der Waals surface area contributed by atoms with Gasteiger partial charge in [0.2, 0.25) is 5.91 Å². The maximum absolute atomic E-state index is 12.0. The molecule has 0 aliphatic carbocycles. The van der Waals surface area contributed by atoms with Gasteiger partial charge in [-0.25, -0.2) is 9.59 Å². The third-order valence-electron chi connectivity index (χ3n) is 3.23. The van der Waals surface area contributed by atoms with Gasteiger partial charge < -0.3 is 9.47 Å². The summed E-state index contributed by atoms with van der Waals surface area (Å²) in [6.45, 7) is 4.81. The highest BCUT2D eigenvalue weighted by Crippen LogP contribution is 2.35. The van der Waals surface area contributed by atoms with Crippen molar-refractivity contribution in [3.8, 4) is 6.07 Å². The Hall–Kier alpha value is -2.88. The van der Waals surface area contributed by atoms with Gasteiger partial charge in [0.1, 0.15) is 0 Å². The second kappa shape index (κ2) is 6.72. The van der Waals surface area contributed by atoms with E-state index in [0.717, 1.165) is 12.0 Å². The van der Waals surface area contributed by atoms with Crippen molar-refractivity contribution in [2.75, 3.05) is 14.2 Å². The van der Waals surface area contributed by atoms with Crippen molar-refractivity contribution in [1.82, 2.24) is 4.90 Å². The molecule has 0 N–H and O–H groups in total. The second-order valence-electron chi connectivity index (χ2n) is 4.55. The Morgan fingerprint density at radius 2 is 2.00 bits per heavy atom. The second-order valence-corrected chi connectivity index (χ2v) is 4.55. The highest BCUT2D eigenvalue weighted by Gasteiger charge is 2.47. The van der Waals surface area contributed by atoms with Crippen molar-refractivity contribution >= 4 is 17.8 Å². The Morgan fingerprint density at radius 3 is 2.45 bits per heavy atom. The quantitative estimate of drug-likeness (QED) is 0.564. The van der Waals surface area contributed by atoms with Gasteiger partial charge in [-0.15, -0.1) is 0 Å². The summed E-state index contributed by atoms with van der Waals surface area (Å²) in [7, 11) is 2.34. The maximum atomic E-state index is 12.0. The largest absolute Gasteiger partial charge is 0.466 e. The number of hydrogen-bond donors (Lipinski definition) is 0. The van der Waals surface area contributed by atoms with Crippen molar-refractivity contribution in [3.05, 3.63) is 36.1 Å². The monoisotopic (exact) mass is 304 g/mol. The average molecular weight is 304 g/mol. The standard InChI is InChI=1S/C15H16N2O5/c1-10(13(19)21-3)8-15(9-16)12(14(20)22-4)6-5-7-17(15)11(2)18/h5-7H,1,8H2,2-4H3. The molecule has 0 aromatic rings. The molecular weight excluding hydrogens is 288 g/mol. The van der Waals surface area contributed by atoms with E-state index in [2.05, 4.69) is 16.1 Å². The SMILES string of the molecule is C=C(CC1(C#N)C(C(=O)OC)=CC=CN1C(C)=O)C(=O)OC. The number of carbonyl (C=O) groups is 3. The van der Waals surface area contributed by atoms with E-state index in [1.165, 1.54) is 32.4 Å². The summed E-state index contributed by atoms with van der Waals surface area (Å²) in [6.07, 6.45) is 3.91. The maximum Gasteiger partial charge on any atom is 0.337 e. The van der Waals surface area contributed by atoms with Crippen LogP contribution in [0.3, 0.4) is 0 Å². The number of ether oxygens (including phenoxy) is 2. The third-order valence-corrected chi connectivity index (χ3v) is 3.23. The fourth-order valence-electron chi connectivity index (χ4n) is 2.20. The fourth-order valence-corrected chi connectivity index (χ4v) is 2.20. The van der Waals surface area contributed by atoms with Crippen LogP contribution in [-0.4, -0.2) is 42.5 Å². The fraction of sp³-hybridized carbons (Fsp3) is 0.333. The minimum absolute atomic E-state index is 0.0413. The van der Waals surface area contributed by atoms with Gasteiger partial charge in [-0.3, -0.25) is 9.69 Å². The van der Waals surface area contributed by atoms with Gasteiger partial charge >= 0.3 is 11.9 Å². The molecule has 7 heteroatoms. The van der Waals surface area contributed by atoms with Crippen LogP contribution in [0.4, 0.5) is 0 Å². The number of nitrogens with zero attached hydrogens (tertiary/aromatic N) is 2. The molecule has 7 nitrogen and oxygen atoms in total. The molecule has 1 amide bonds. The van der Waals surface area contributed by atoms with E-state index in [1.54, 1.807) is 0 Å². The lowest BCUT2D eigenvalue weighted by molar-refractivity contribution is -0.140. The van der Waals surface area contributed by atoms with Crippen molar-refractivity contribution in [2.24, 2.45) is 0 Å². The van der Waals surface area contributed by atoms with Gasteiger partial charge in [0, 0.05) is 25.1 Å². The Kier molecular flexibility index (Phi) is 5.24. The first-order valence-corrected chi connectivity index (χ1v) is 6.28. The van der Waals surface area contributed by atoms with Gasteiger partial charge in [-0.1, -0.05) is 6.58 Å². The summed E-state index contributed by atoms with van der Waals surface area (Å²) in [6, 6.07) is 1.94. The molecule has 1 heterocycles. The molecule has 0 fully saturated rings. The summed E-state index contributed by atoms with van der Waals surface area (Å²) < 4.78 is 9.22. The van der Waals surface area contributed by atoms with E-state index in [-0.39, 0.29) is 17.6 Å². The first-order valence-electron chi connectivity index (χ1n) is 6.28. The predicted octanol–water partition coefficient (Wildman–Crippen LogP) is 0.843. The first kappa shape index (κ1) is 17.2. The lowest BCUT2D eigenvalue weighted by Gasteiger charge is -2.38. The average Bonchev–Trinajstić information content (AvgIpc) is 2.52. The lowest BCUT2D eigenvalue weighted by Crippen LogP contribution is -2.52. The normalized spacial score (nSPS) is 19.7. The molecule has 1 atom stereocenters. The smallest absolute Gasteiger partial charge is 0.337 e. The molecule has 22 heavy (non-hydrogen) atoms. The van der Waals surface area contributed by atoms with Gasteiger partial charge in [0.15, 0.2) is 5.54 Å². The zero-order chi connectivity index (χ0) is 16.9. The van der Waals surface area contributed by atoms with Crippen molar-refractivity contribution in [2.45, 2.75) is 18.9 Å². The molecule has 0 bridgehead atoms. The molecule has 1 unspecified atom stereocenters. The third kappa shape index (κ3) is 2.91. The van der Waals surface area contributed by atoms with Crippen LogP contribution >= 0.6 is 0 Å². The number of methoxy groups -OCH3 is 2. The minimum Gasteiger partial charge on any atom is -0.466 e. The minimum atomic E-state index is -1.71. The van der Waals surface area contributed by atoms with Crippen molar-refractivity contribution < 1.29 is 23.9 Å². The summed E-state index contributed by atoms with van der Waals surface area (Å²) >= 11 is 0. The van der Waals surface area contributed by atoms with Crippen LogP contribution in [0.15, 0.2) is 36.1 Å². The van der Waals surface area contributed by atoms with Crippen LogP contribution in [0.5, 0.6) is 0 Å². The molecule has 0 radical (unpaired) electrons. The molecule has 0 aromatic heterocycles. The zero-order valence-electron chi connectivity index (χ0n) is 12.6. The van der Waals surface area contributed by atoms with E-state index in [1.807, 2.05) is 6.07 Å². The van der Waals surface area contributed by atoms with Gasteiger partial charge in [-0.2, -0.15) is 5.26 Å². The molecule has 0 saturated heterocycles. The zero-order valence-corrected chi connectivity index (χ0v) is 12.6. The molecule has 1 aliphatic rings. The first-order chi connectivity index (χ1) is 10.3. The number of rotatable bonds is 4. The molecule has 1 rings (SSSR count). The summed E-state index contributed by atoms with van der Waals surface area (Å²) in [5.74, 6) is -1.96. The number of hydrogen-bond acceptors (Lipinski definition) is 6. The molecule has 1 aliphatic heterocycles. The number of carbonyl (C=O) groups excluding carboxylic acids is 3. The van der Waals surface area contributed by atoms with Crippen LogP contribution in [0.1, 0.15) is 13.3 Å². The number of allylic oxidation sites excluding steroid dienone is 2. The highest BCUT2D eigenvalue weighted by molar-refractivity contribution is 5.96. The van der Waals surface area contributed by atoms with Crippen molar-refractivity contribution in [3.63, 3.8) is 0 Å². The summed E-state index contributed by atoms with van der Waals surface area (Å²) in [5.41, 5.74) is -1.81. The molecule has 116 valence electrons. The Balaban J connectivity index is 3.41. The van der Waals surface area contributed by atoms with Crippen LogP contribution in [0, 0.1) is 11.3 Å². The van der Waals surface area contributed by atoms with Crippen LogP contribution < -0.4 is 0 Å². The number of amides is 1. The van der Waals surface area contributed by atoms with Crippen LogP contribution in [0.25, 0.3) is 0 Å². The Bertz CT molecular complexity index is 626. The lowest BCUT2D eigenvalue weighted by atomic mass is 9.81. The van der Waals surface area contributed by atoms with Crippen LogP contribution in [-0.2, 0) is 23.9 Å². The summed E-state index contributed by atoms with van der Waals surface area (Å²) in [4.78, 5) is 36.5. The molecule has 0 spiro atoms. The van der Waals surface area contributed by atoms with E-state index in [0.29, 0.717) is 0 Å².